The van der Waals surface area contributed by atoms with E-state index in [1.54, 1.807) is 6.20 Å². The van der Waals surface area contributed by atoms with E-state index in [1.807, 2.05) is 30.3 Å². The third-order valence-corrected chi connectivity index (χ3v) is 3.98. The van der Waals surface area contributed by atoms with Crippen LogP contribution in [-0.4, -0.2) is 30.8 Å². The van der Waals surface area contributed by atoms with Gasteiger partial charge in [-0.1, -0.05) is 24.3 Å². The van der Waals surface area contributed by atoms with Gasteiger partial charge in [-0.15, -0.1) is 0 Å². The van der Waals surface area contributed by atoms with Gasteiger partial charge in [0.15, 0.2) is 0 Å². The van der Waals surface area contributed by atoms with Crippen LogP contribution in [0.2, 0.25) is 0 Å². The van der Waals surface area contributed by atoms with Gasteiger partial charge in [-0.3, -0.25) is 4.98 Å². The molecule has 0 bridgehead atoms. The number of amides is 2. The van der Waals surface area contributed by atoms with Crippen LogP contribution in [0.1, 0.15) is 18.5 Å². The highest BCUT2D eigenvalue weighted by atomic mass is 16.5. The monoisotopic (exact) mass is 299 g/mol. The van der Waals surface area contributed by atoms with E-state index in [4.69, 9.17) is 4.74 Å². The third-order valence-electron chi connectivity index (χ3n) is 3.98. The van der Waals surface area contributed by atoms with Gasteiger partial charge in [0, 0.05) is 24.7 Å². The summed E-state index contributed by atoms with van der Waals surface area (Å²) in [5, 5.41) is 8.00. The molecule has 0 radical (unpaired) electrons. The molecule has 1 aromatic carbocycles. The van der Waals surface area contributed by atoms with E-state index in [0.29, 0.717) is 19.0 Å². The first-order valence-electron chi connectivity index (χ1n) is 7.75. The molecule has 0 aliphatic carbocycles. The lowest BCUT2D eigenvalue weighted by Gasteiger charge is -2.22. The van der Waals surface area contributed by atoms with Crippen molar-refractivity contribution >= 4 is 16.8 Å². The van der Waals surface area contributed by atoms with E-state index in [0.717, 1.165) is 42.5 Å². The predicted octanol–water partition coefficient (Wildman–Crippen LogP) is 2.46. The van der Waals surface area contributed by atoms with Crippen LogP contribution in [0.5, 0.6) is 0 Å². The van der Waals surface area contributed by atoms with Crippen LogP contribution in [0.3, 0.4) is 0 Å². The lowest BCUT2D eigenvalue weighted by molar-refractivity contribution is 0.0557. The molecule has 22 heavy (non-hydrogen) atoms. The molecule has 3 rings (SSSR count). The highest BCUT2D eigenvalue weighted by Gasteiger charge is 2.14. The summed E-state index contributed by atoms with van der Waals surface area (Å²) < 4.78 is 5.41. The number of benzene rings is 1. The minimum absolute atomic E-state index is 0.152. The first-order valence-corrected chi connectivity index (χ1v) is 7.75. The van der Waals surface area contributed by atoms with Crippen molar-refractivity contribution in [2.45, 2.75) is 19.4 Å². The van der Waals surface area contributed by atoms with Crippen LogP contribution in [0, 0.1) is 5.92 Å². The highest BCUT2D eigenvalue weighted by molar-refractivity contribution is 5.84. The molecule has 1 saturated heterocycles. The number of nitrogens with zero attached hydrogens (tertiary/aromatic N) is 1. The number of fused-ring (bicyclic) bond motifs is 1. The van der Waals surface area contributed by atoms with Crippen LogP contribution in [-0.2, 0) is 11.3 Å². The molecule has 2 heterocycles. The predicted molar refractivity (Wildman–Crippen MR) is 85.5 cm³/mol. The second-order valence-electron chi connectivity index (χ2n) is 5.63. The Morgan fingerprint density at radius 3 is 3.05 bits per heavy atom. The van der Waals surface area contributed by atoms with Crippen LogP contribution in [0.15, 0.2) is 36.5 Å². The number of carbonyl (C=O) groups excluding carboxylic acids is 1. The summed E-state index contributed by atoms with van der Waals surface area (Å²) in [4.78, 5) is 16.3. The highest BCUT2D eigenvalue weighted by Crippen LogP contribution is 2.16. The number of hydrogen-bond donors (Lipinski definition) is 2. The number of ether oxygens (including phenoxy) is 1. The fraction of sp³-hybridized carbons (Fsp3) is 0.412. The summed E-state index contributed by atoms with van der Waals surface area (Å²) in [7, 11) is 0. The van der Waals surface area contributed by atoms with E-state index in [2.05, 4.69) is 15.6 Å². The van der Waals surface area contributed by atoms with Gasteiger partial charge in [0.1, 0.15) is 0 Å². The molecular formula is C17H21N3O2. The Bertz CT molecular complexity index is 633. The zero-order chi connectivity index (χ0) is 15.2. The number of aromatic nitrogens is 1. The van der Waals surface area contributed by atoms with Gasteiger partial charge in [0.25, 0.3) is 0 Å². The van der Waals surface area contributed by atoms with Gasteiger partial charge in [0.05, 0.1) is 18.8 Å². The fourth-order valence-electron chi connectivity index (χ4n) is 2.76. The Kier molecular flexibility index (Phi) is 4.85. The molecule has 5 nitrogen and oxygen atoms in total. The molecule has 2 aromatic rings. The lowest BCUT2D eigenvalue weighted by Crippen LogP contribution is -2.39. The summed E-state index contributed by atoms with van der Waals surface area (Å²) in [6.07, 6.45) is 3.97. The van der Waals surface area contributed by atoms with Crippen LogP contribution in [0.4, 0.5) is 4.79 Å². The number of pyridine rings is 1. The van der Waals surface area contributed by atoms with E-state index in [1.165, 1.54) is 0 Å². The lowest BCUT2D eigenvalue weighted by atomic mass is 10.0. The molecule has 0 saturated carbocycles. The quantitative estimate of drug-likeness (QED) is 0.911. The Morgan fingerprint density at radius 1 is 1.27 bits per heavy atom. The Hall–Kier alpha value is -2.14. The van der Waals surface area contributed by atoms with Gasteiger partial charge in [-0.2, -0.15) is 0 Å². The number of nitrogens with one attached hydrogen (secondary N) is 2. The molecule has 2 amide bonds. The zero-order valence-electron chi connectivity index (χ0n) is 12.5. The van der Waals surface area contributed by atoms with Crippen molar-refractivity contribution in [2.24, 2.45) is 5.92 Å². The molecule has 0 spiro atoms. The third kappa shape index (κ3) is 3.74. The summed E-state index contributed by atoms with van der Waals surface area (Å²) in [6, 6.07) is 9.87. The molecule has 1 aromatic heterocycles. The van der Waals surface area contributed by atoms with Gasteiger partial charge in [0.2, 0.25) is 0 Å². The fourth-order valence-corrected chi connectivity index (χ4v) is 2.76. The minimum atomic E-state index is -0.152. The van der Waals surface area contributed by atoms with Gasteiger partial charge in [-0.25, -0.2) is 4.79 Å². The van der Waals surface area contributed by atoms with Crippen molar-refractivity contribution in [3.05, 3.63) is 42.2 Å². The average molecular weight is 299 g/mol. The first-order chi connectivity index (χ1) is 10.8. The van der Waals surface area contributed by atoms with Crippen LogP contribution < -0.4 is 10.6 Å². The standard InChI is InChI=1S/C17H21N3O2/c21-17(19-10-13-4-3-9-22-12-13)20-11-16-15-6-2-1-5-14(15)7-8-18-16/h1-2,5-8,13H,3-4,9-12H2,(H2,19,20,21)/t13-/m0/s1. The second-order valence-corrected chi connectivity index (χ2v) is 5.63. The molecule has 116 valence electrons. The molecule has 2 N–H and O–H groups in total. The van der Waals surface area contributed by atoms with E-state index in [-0.39, 0.29) is 6.03 Å². The van der Waals surface area contributed by atoms with Crippen molar-refractivity contribution < 1.29 is 9.53 Å². The molecular weight excluding hydrogens is 278 g/mol. The maximum atomic E-state index is 11.9. The molecule has 5 heteroatoms. The van der Waals surface area contributed by atoms with E-state index in [9.17, 15) is 4.79 Å². The van der Waals surface area contributed by atoms with Crippen molar-refractivity contribution in [3.8, 4) is 0 Å². The van der Waals surface area contributed by atoms with Gasteiger partial charge in [-0.05, 0) is 30.2 Å². The Labute approximate surface area is 130 Å². The summed E-state index contributed by atoms with van der Waals surface area (Å²) in [6.45, 7) is 2.67. The maximum Gasteiger partial charge on any atom is 0.315 e. The second kappa shape index (κ2) is 7.22. The Morgan fingerprint density at radius 2 is 2.18 bits per heavy atom. The molecule has 1 fully saturated rings. The van der Waals surface area contributed by atoms with Crippen LogP contribution in [0.25, 0.3) is 10.8 Å². The number of carbonyl (C=O) groups is 1. The smallest absolute Gasteiger partial charge is 0.315 e. The number of urea groups is 1. The van der Waals surface area contributed by atoms with Crippen LogP contribution >= 0.6 is 0 Å². The van der Waals surface area contributed by atoms with Crippen molar-refractivity contribution in [1.29, 1.82) is 0 Å². The minimum Gasteiger partial charge on any atom is -0.381 e. The number of rotatable bonds is 4. The van der Waals surface area contributed by atoms with Gasteiger partial charge >= 0.3 is 6.03 Å². The summed E-state index contributed by atoms with van der Waals surface area (Å²) in [5.74, 6) is 0.426. The van der Waals surface area contributed by atoms with Crippen molar-refractivity contribution in [3.63, 3.8) is 0 Å². The zero-order valence-corrected chi connectivity index (χ0v) is 12.5. The Balaban J connectivity index is 1.51. The van der Waals surface area contributed by atoms with Crippen molar-refractivity contribution in [2.75, 3.05) is 19.8 Å². The topological polar surface area (TPSA) is 63.2 Å². The molecule has 1 aliphatic rings. The van der Waals surface area contributed by atoms with Gasteiger partial charge < -0.3 is 15.4 Å². The summed E-state index contributed by atoms with van der Waals surface area (Å²) in [5.41, 5.74) is 0.884. The van der Waals surface area contributed by atoms with E-state index >= 15 is 0 Å². The average Bonchev–Trinajstić information content (AvgIpc) is 2.59. The number of hydrogen-bond acceptors (Lipinski definition) is 3. The molecule has 1 aliphatic heterocycles. The maximum absolute atomic E-state index is 11.9. The normalized spacial score (nSPS) is 18.1. The summed E-state index contributed by atoms with van der Waals surface area (Å²) >= 11 is 0. The largest absolute Gasteiger partial charge is 0.381 e. The molecule has 1 atom stereocenters. The molecule has 0 unspecified atom stereocenters. The van der Waals surface area contributed by atoms with Crippen molar-refractivity contribution in [1.82, 2.24) is 15.6 Å². The SMILES string of the molecule is O=C(NCc1nccc2ccccc12)NC[C@@H]1CCCOC1. The van der Waals surface area contributed by atoms with E-state index < -0.39 is 0 Å². The first kappa shape index (κ1) is 14.8.